The van der Waals surface area contributed by atoms with E-state index in [0.717, 1.165) is 23.9 Å². The molecule has 1 unspecified atom stereocenters. The van der Waals surface area contributed by atoms with Gasteiger partial charge in [0.05, 0.1) is 5.56 Å². The van der Waals surface area contributed by atoms with E-state index in [9.17, 15) is 9.59 Å². The van der Waals surface area contributed by atoms with Crippen LogP contribution in [0.15, 0.2) is 17.5 Å². The van der Waals surface area contributed by atoms with E-state index in [1.165, 1.54) is 17.4 Å². The molecular formula is C15H21NO3S. The molecule has 0 saturated carbocycles. The molecule has 1 amide bonds. The summed E-state index contributed by atoms with van der Waals surface area (Å²) in [4.78, 5) is 25.4. The second-order valence-corrected chi connectivity index (χ2v) is 5.71. The molecule has 1 aromatic heterocycles. The van der Waals surface area contributed by atoms with Gasteiger partial charge < -0.3 is 10.0 Å². The first-order valence-corrected chi connectivity index (χ1v) is 7.64. The fraction of sp³-hybridized carbons (Fsp3) is 0.467. The molecule has 0 radical (unpaired) electrons. The standard InChI is InChI=1S/C15H21NO3S/c1-4-11(3)9-16(5-2)15(19)12-8-13(20-10-12)6-7-14(17)18/h6-8,10-11H,4-5,9H2,1-3H3,(H,17,18). The van der Waals surface area contributed by atoms with E-state index in [-0.39, 0.29) is 5.91 Å². The van der Waals surface area contributed by atoms with Gasteiger partial charge in [0.1, 0.15) is 0 Å². The minimum absolute atomic E-state index is 0.0130. The lowest BCUT2D eigenvalue weighted by Crippen LogP contribution is -2.34. The normalized spacial score (nSPS) is 12.6. The van der Waals surface area contributed by atoms with E-state index in [0.29, 0.717) is 18.0 Å². The van der Waals surface area contributed by atoms with Gasteiger partial charge in [-0.15, -0.1) is 11.3 Å². The van der Waals surface area contributed by atoms with Crippen LogP contribution in [0, 0.1) is 5.92 Å². The van der Waals surface area contributed by atoms with Crippen molar-refractivity contribution in [1.29, 1.82) is 0 Å². The SMILES string of the molecule is CCC(C)CN(CC)C(=O)c1csc(C=CC(=O)O)c1. The lowest BCUT2D eigenvalue weighted by molar-refractivity contribution is -0.131. The van der Waals surface area contributed by atoms with Gasteiger partial charge in [0.25, 0.3) is 5.91 Å². The van der Waals surface area contributed by atoms with E-state index >= 15 is 0 Å². The van der Waals surface area contributed by atoms with Crippen molar-refractivity contribution in [1.82, 2.24) is 4.90 Å². The van der Waals surface area contributed by atoms with Gasteiger partial charge in [-0.2, -0.15) is 0 Å². The highest BCUT2D eigenvalue weighted by Crippen LogP contribution is 2.18. The van der Waals surface area contributed by atoms with Gasteiger partial charge in [-0.25, -0.2) is 4.79 Å². The van der Waals surface area contributed by atoms with Crippen molar-refractivity contribution in [3.63, 3.8) is 0 Å². The summed E-state index contributed by atoms with van der Waals surface area (Å²) in [6.07, 6.45) is 3.63. The van der Waals surface area contributed by atoms with Crippen LogP contribution in [0.2, 0.25) is 0 Å². The van der Waals surface area contributed by atoms with Crippen molar-refractivity contribution < 1.29 is 14.7 Å². The van der Waals surface area contributed by atoms with E-state index in [1.807, 2.05) is 11.8 Å². The summed E-state index contributed by atoms with van der Waals surface area (Å²) in [5, 5.41) is 10.4. The Kier molecular flexibility index (Phi) is 6.45. The van der Waals surface area contributed by atoms with Crippen LogP contribution in [-0.4, -0.2) is 35.0 Å². The number of hydrogen-bond acceptors (Lipinski definition) is 3. The molecule has 110 valence electrons. The molecule has 0 aromatic carbocycles. The number of carbonyl (C=O) groups is 2. The highest BCUT2D eigenvalue weighted by Gasteiger charge is 2.17. The Hall–Kier alpha value is -1.62. The molecule has 0 aliphatic rings. The molecule has 0 bridgehead atoms. The van der Waals surface area contributed by atoms with Crippen molar-refractivity contribution in [3.05, 3.63) is 28.0 Å². The fourth-order valence-electron chi connectivity index (χ4n) is 1.75. The van der Waals surface area contributed by atoms with E-state index in [4.69, 9.17) is 5.11 Å². The van der Waals surface area contributed by atoms with Crippen LogP contribution in [0.3, 0.4) is 0 Å². The molecule has 0 aliphatic carbocycles. The summed E-state index contributed by atoms with van der Waals surface area (Å²) in [5.41, 5.74) is 0.630. The molecule has 1 rings (SSSR count). The number of carbonyl (C=O) groups excluding carboxylic acids is 1. The first-order valence-electron chi connectivity index (χ1n) is 6.76. The van der Waals surface area contributed by atoms with Crippen LogP contribution in [0.5, 0.6) is 0 Å². The number of aliphatic carboxylic acids is 1. The predicted octanol–water partition coefficient (Wildman–Crippen LogP) is 3.35. The van der Waals surface area contributed by atoms with E-state index in [2.05, 4.69) is 13.8 Å². The lowest BCUT2D eigenvalue weighted by atomic mass is 10.1. The summed E-state index contributed by atoms with van der Waals surface area (Å²) < 4.78 is 0. The molecule has 20 heavy (non-hydrogen) atoms. The second kappa shape index (κ2) is 7.85. The summed E-state index contributed by atoms with van der Waals surface area (Å²) in [7, 11) is 0. The largest absolute Gasteiger partial charge is 0.478 e. The predicted molar refractivity (Wildman–Crippen MR) is 82.0 cm³/mol. The number of carboxylic acid groups (broad SMARTS) is 1. The molecular weight excluding hydrogens is 274 g/mol. The van der Waals surface area contributed by atoms with Crippen LogP contribution in [0.1, 0.15) is 42.4 Å². The van der Waals surface area contributed by atoms with Gasteiger partial charge in [0.2, 0.25) is 0 Å². The molecule has 4 nitrogen and oxygen atoms in total. The first kappa shape index (κ1) is 16.4. The topological polar surface area (TPSA) is 57.6 Å². The van der Waals surface area contributed by atoms with Crippen molar-refractivity contribution in [2.45, 2.75) is 27.2 Å². The van der Waals surface area contributed by atoms with Crippen LogP contribution in [0.25, 0.3) is 6.08 Å². The number of amides is 1. The molecule has 5 heteroatoms. The highest BCUT2D eigenvalue weighted by atomic mass is 32.1. The Morgan fingerprint density at radius 3 is 2.70 bits per heavy atom. The summed E-state index contributed by atoms with van der Waals surface area (Å²) in [5.74, 6) is -0.499. The number of hydrogen-bond donors (Lipinski definition) is 1. The van der Waals surface area contributed by atoms with Gasteiger partial charge in [-0.05, 0) is 25.0 Å². The van der Waals surface area contributed by atoms with Crippen LogP contribution < -0.4 is 0 Å². The molecule has 1 aromatic rings. The quantitative estimate of drug-likeness (QED) is 0.785. The van der Waals surface area contributed by atoms with Crippen LogP contribution in [0.4, 0.5) is 0 Å². The smallest absolute Gasteiger partial charge is 0.328 e. The highest BCUT2D eigenvalue weighted by molar-refractivity contribution is 7.11. The number of carboxylic acids is 1. The van der Waals surface area contributed by atoms with E-state index < -0.39 is 5.97 Å². The van der Waals surface area contributed by atoms with Gasteiger partial charge in [-0.1, -0.05) is 20.3 Å². The Morgan fingerprint density at radius 2 is 2.15 bits per heavy atom. The van der Waals surface area contributed by atoms with Crippen LogP contribution >= 0.6 is 11.3 Å². The number of thiophene rings is 1. The van der Waals surface area contributed by atoms with Gasteiger partial charge in [0, 0.05) is 29.4 Å². The second-order valence-electron chi connectivity index (χ2n) is 4.77. The Labute approximate surface area is 123 Å². The average molecular weight is 295 g/mol. The van der Waals surface area contributed by atoms with Crippen molar-refractivity contribution in [3.8, 4) is 0 Å². The summed E-state index contributed by atoms with van der Waals surface area (Å²) in [6.45, 7) is 7.64. The minimum Gasteiger partial charge on any atom is -0.478 e. The first-order chi connectivity index (χ1) is 9.47. The maximum atomic E-state index is 12.4. The zero-order chi connectivity index (χ0) is 15.1. The van der Waals surface area contributed by atoms with Crippen molar-refractivity contribution >= 4 is 29.3 Å². The lowest BCUT2D eigenvalue weighted by Gasteiger charge is -2.23. The zero-order valence-corrected chi connectivity index (χ0v) is 12.9. The number of nitrogens with zero attached hydrogens (tertiary/aromatic N) is 1. The molecule has 1 atom stereocenters. The molecule has 0 spiro atoms. The van der Waals surface area contributed by atoms with Crippen molar-refractivity contribution in [2.75, 3.05) is 13.1 Å². The number of rotatable bonds is 7. The monoisotopic (exact) mass is 295 g/mol. The average Bonchev–Trinajstić information content (AvgIpc) is 2.90. The van der Waals surface area contributed by atoms with Gasteiger partial charge in [-0.3, -0.25) is 4.79 Å². The zero-order valence-electron chi connectivity index (χ0n) is 12.1. The Morgan fingerprint density at radius 1 is 1.45 bits per heavy atom. The fourth-order valence-corrected chi connectivity index (χ4v) is 2.52. The summed E-state index contributed by atoms with van der Waals surface area (Å²) >= 11 is 1.37. The third-order valence-corrected chi connectivity index (χ3v) is 4.05. The van der Waals surface area contributed by atoms with Crippen molar-refractivity contribution in [2.24, 2.45) is 5.92 Å². The summed E-state index contributed by atoms with van der Waals surface area (Å²) in [6, 6.07) is 1.74. The van der Waals surface area contributed by atoms with E-state index in [1.54, 1.807) is 11.4 Å². The molecule has 1 N–H and O–H groups in total. The third kappa shape index (κ3) is 4.81. The van der Waals surface area contributed by atoms with Gasteiger partial charge >= 0.3 is 5.97 Å². The van der Waals surface area contributed by atoms with Crippen LogP contribution in [-0.2, 0) is 4.79 Å². The molecule has 1 heterocycles. The third-order valence-electron chi connectivity index (χ3n) is 3.15. The maximum absolute atomic E-state index is 12.4. The molecule has 0 saturated heterocycles. The Balaban J connectivity index is 2.77. The maximum Gasteiger partial charge on any atom is 0.328 e. The minimum atomic E-state index is -0.988. The Bertz CT molecular complexity index is 493. The van der Waals surface area contributed by atoms with Gasteiger partial charge in [0.15, 0.2) is 0 Å². The molecule has 0 fully saturated rings. The molecule has 0 aliphatic heterocycles.